The molecule has 0 atom stereocenters. The van der Waals surface area contributed by atoms with Crippen molar-refractivity contribution < 1.29 is 13.8 Å². The van der Waals surface area contributed by atoms with Gasteiger partial charge in [0.05, 0.1) is 0 Å². The zero-order chi connectivity index (χ0) is 20.2. The summed E-state index contributed by atoms with van der Waals surface area (Å²) in [5, 5.41) is 0. The second kappa shape index (κ2) is 8.59. The Morgan fingerprint density at radius 3 is 2.31 bits per heavy atom. The maximum absolute atomic E-state index is 13.2. The number of nitrogens with zero attached hydrogens (tertiary/aromatic N) is 1. The van der Waals surface area contributed by atoms with Gasteiger partial charge >= 0.3 is 0 Å². The number of anilines is 1. The summed E-state index contributed by atoms with van der Waals surface area (Å²) in [5.41, 5.74) is 9.36. The fourth-order valence-electron chi connectivity index (χ4n) is 2.92. The van der Waals surface area contributed by atoms with Crippen molar-refractivity contribution in [3.05, 3.63) is 107 Å². The van der Waals surface area contributed by atoms with Gasteiger partial charge in [-0.25, -0.2) is 4.39 Å². The number of halogens is 1. The van der Waals surface area contributed by atoms with Gasteiger partial charge < -0.3 is 5.73 Å². The van der Waals surface area contributed by atoms with Gasteiger partial charge in [-0.1, -0.05) is 48.5 Å². The number of thiophene rings is 1. The van der Waals surface area contributed by atoms with Crippen molar-refractivity contribution in [2.24, 2.45) is 0 Å². The molecule has 2 aromatic heterocycles. The highest BCUT2D eigenvalue weighted by atomic mass is 32.2. The Hall–Kier alpha value is -2.96. The van der Waals surface area contributed by atoms with Crippen molar-refractivity contribution in [3.8, 4) is 5.69 Å². The first-order valence-corrected chi connectivity index (χ1v) is 10.8. The van der Waals surface area contributed by atoms with Crippen LogP contribution in [0.15, 0.2) is 89.4 Å². The monoisotopic (exact) mass is 421 g/mol. The summed E-state index contributed by atoms with van der Waals surface area (Å²) in [6.45, 7) is 0. The molecule has 4 aromatic rings. The molecule has 0 aliphatic heterocycles. The maximum atomic E-state index is 13.2. The Morgan fingerprint density at radius 2 is 1.62 bits per heavy atom. The van der Waals surface area contributed by atoms with Crippen molar-refractivity contribution in [2.75, 3.05) is 5.73 Å². The van der Waals surface area contributed by atoms with Gasteiger partial charge in [-0.05, 0) is 17.7 Å². The van der Waals surface area contributed by atoms with Gasteiger partial charge in [0.2, 0.25) is 5.78 Å². The van der Waals surface area contributed by atoms with Crippen LogP contribution in [0.5, 0.6) is 0 Å². The van der Waals surface area contributed by atoms with E-state index in [0.717, 1.165) is 15.5 Å². The summed E-state index contributed by atoms with van der Waals surface area (Å²) < 4.78 is 16.1. The summed E-state index contributed by atoms with van der Waals surface area (Å²) in [7, 11) is 0. The SMILES string of the molecule is Nc1c(C(=O)c2ccccc2)sc(SCc2ccc(F)cc2)c1-[n+]1ccccc1. The van der Waals surface area contributed by atoms with Crippen molar-refractivity contribution in [2.45, 2.75) is 9.96 Å². The Balaban J connectivity index is 1.72. The molecule has 0 aliphatic rings. The summed E-state index contributed by atoms with van der Waals surface area (Å²) in [5.74, 6) is 0.314. The molecule has 0 unspecified atom stereocenters. The molecule has 144 valence electrons. The molecule has 0 amide bonds. The number of hydrogen-bond acceptors (Lipinski definition) is 4. The average Bonchev–Trinajstić information content (AvgIpc) is 3.10. The van der Waals surface area contributed by atoms with E-state index >= 15 is 0 Å². The lowest BCUT2D eigenvalue weighted by Gasteiger charge is -2.01. The van der Waals surface area contributed by atoms with Crippen molar-refractivity contribution in [1.29, 1.82) is 0 Å². The Morgan fingerprint density at radius 1 is 0.966 bits per heavy atom. The fraction of sp³-hybridized carbons (Fsp3) is 0.0435. The predicted molar refractivity (Wildman–Crippen MR) is 116 cm³/mol. The molecular weight excluding hydrogens is 403 g/mol. The summed E-state index contributed by atoms with van der Waals surface area (Å²) in [4.78, 5) is 13.6. The molecule has 29 heavy (non-hydrogen) atoms. The minimum Gasteiger partial charge on any atom is -0.392 e. The fourth-order valence-corrected chi connectivity index (χ4v) is 5.34. The Labute approximate surface area is 176 Å². The van der Waals surface area contributed by atoms with Crippen LogP contribution in [0.25, 0.3) is 5.69 Å². The standard InChI is InChI=1S/C23H17FN2OS2/c24-18-11-9-16(10-12-18)15-28-23-20(26-13-5-2-6-14-26)19(25)22(29-23)21(27)17-7-3-1-4-8-17/h1-14H,15H2,(H-,25,27)/p+1. The Kier molecular flexibility index (Phi) is 5.74. The molecule has 6 heteroatoms. The van der Waals surface area contributed by atoms with Crippen LogP contribution in [0.2, 0.25) is 0 Å². The third-order valence-corrected chi connectivity index (χ3v) is 6.91. The van der Waals surface area contributed by atoms with Crippen molar-refractivity contribution in [3.63, 3.8) is 0 Å². The molecule has 0 spiro atoms. The van der Waals surface area contributed by atoms with E-state index in [0.29, 0.717) is 21.9 Å². The van der Waals surface area contributed by atoms with Gasteiger partial charge in [0.1, 0.15) is 20.6 Å². The van der Waals surface area contributed by atoms with Crippen LogP contribution in [0, 0.1) is 5.82 Å². The van der Waals surface area contributed by atoms with E-state index in [9.17, 15) is 9.18 Å². The number of thioether (sulfide) groups is 1. The average molecular weight is 422 g/mol. The number of nitrogen functional groups attached to an aromatic ring is 1. The second-order valence-electron chi connectivity index (χ2n) is 6.37. The number of rotatable bonds is 6. The quantitative estimate of drug-likeness (QED) is 0.262. The lowest BCUT2D eigenvalue weighted by atomic mass is 10.1. The van der Waals surface area contributed by atoms with Crippen LogP contribution in [0.4, 0.5) is 10.1 Å². The van der Waals surface area contributed by atoms with Gasteiger partial charge in [0, 0.05) is 23.4 Å². The zero-order valence-corrected chi connectivity index (χ0v) is 17.1. The lowest BCUT2D eigenvalue weighted by molar-refractivity contribution is -0.596. The topological polar surface area (TPSA) is 47.0 Å². The van der Waals surface area contributed by atoms with Crippen molar-refractivity contribution in [1.82, 2.24) is 0 Å². The van der Waals surface area contributed by atoms with Gasteiger partial charge in [0.25, 0.3) is 5.69 Å². The van der Waals surface area contributed by atoms with E-state index in [1.54, 1.807) is 36.0 Å². The van der Waals surface area contributed by atoms with E-state index < -0.39 is 0 Å². The van der Waals surface area contributed by atoms with Gasteiger partial charge in [-0.2, -0.15) is 4.57 Å². The first-order valence-electron chi connectivity index (χ1n) is 8.99. The van der Waals surface area contributed by atoms with Crippen LogP contribution < -0.4 is 10.3 Å². The van der Waals surface area contributed by atoms with E-state index in [1.807, 2.05) is 53.4 Å². The number of benzene rings is 2. The number of nitrogens with two attached hydrogens (primary N) is 1. The number of pyridine rings is 1. The molecule has 3 nitrogen and oxygen atoms in total. The molecule has 0 saturated carbocycles. The highest BCUT2D eigenvalue weighted by Crippen LogP contribution is 2.40. The van der Waals surface area contributed by atoms with E-state index in [1.165, 1.54) is 23.5 Å². The van der Waals surface area contributed by atoms with Crippen LogP contribution in [-0.4, -0.2) is 5.78 Å². The summed E-state index contributed by atoms with van der Waals surface area (Å²) in [6.07, 6.45) is 3.83. The van der Waals surface area contributed by atoms with Gasteiger partial charge in [-0.3, -0.25) is 4.79 Å². The van der Waals surface area contributed by atoms with E-state index in [2.05, 4.69) is 0 Å². The molecule has 0 radical (unpaired) electrons. The van der Waals surface area contributed by atoms with E-state index in [-0.39, 0.29) is 11.6 Å². The smallest absolute Gasteiger partial charge is 0.259 e. The Bertz CT molecular complexity index is 1130. The van der Waals surface area contributed by atoms with Crippen LogP contribution in [-0.2, 0) is 5.75 Å². The second-order valence-corrected chi connectivity index (χ2v) is 8.64. The summed E-state index contributed by atoms with van der Waals surface area (Å²) >= 11 is 2.99. The minimum atomic E-state index is -0.254. The van der Waals surface area contributed by atoms with Gasteiger partial charge in [-0.15, -0.1) is 23.1 Å². The third kappa shape index (κ3) is 4.23. The number of ketones is 1. The number of carbonyl (C=O) groups excluding carboxylic acids is 1. The van der Waals surface area contributed by atoms with Crippen LogP contribution >= 0.6 is 23.1 Å². The third-order valence-electron chi connectivity index (χ3n) is 4.39. The molecule has 0 fully saturated rings. The molecule has 0 bridgehead atoms. The molecule has 2 heterocycles. The molecule has 2 N–H and O–H groups in total. The highest BCUT2D eigenvalue weighted by Gasteiger charge is 2.28. The normalized spacial score (nSPS) is 10.8. The van der Waals surface area contributed by atoms with Crippen LogP contribution in [0.1, 0.15) is 20.8 Å². The zero-order valence-electron chi connectivity index (χ0n) is 15.4. The van der Waals surface area contributed by atoms with Crippen molar-refractivity contribution >= 4 is 34.6 Å². The van der Waals surface area contributed by atoms with Crippen LogP contribution in [0.3, 0.4) is 0 Å². The summed E-state index contributed by atoms with van der Waals surface area (Å²) in [6, 6.07) is 21.4. The first kappa shape index (κ1) is 19.4. The van der Waals surface area contributed by atoms with Gasteiger partial charge in [0.15, 0.2) is 12.4 Å². The molecule has 0 aliphatic carbocycles. The highest BCUT2D eigenvalue weighted by molar-refractivity contribution is 8.00. The first-order chi connectivity index (χ1) is 14.1. The lowest BCUT2D eigenvalue weighted by Crippen LogP contribution is -2.30. The molecule has 2 aromatic carbocycles. The van der Waals surface area contributed by atoms with E-state index in [4.69, 9.17) is 5.73 Å². The minimum absolute atomic E-state index is 0.0838. The predicted octanol–water partition coefficient (Wildman–Crippen LogP) is 5.27. The molecular formula is C23H18FN2OS2+. The molecule has 0 saturated heterocycles. The largest absolute Gasteiger partial charge is 0.392 e. The number of aromatic nitrogens is 1. The number of hydrogen-bond donors (Lipinski definition) is 1. The maximum Gasteiger partial charge on any atom is 0.259 e. The number of carbonyl (C=O) groups is 1. The molecule has 4 rings (SSSR count).